The Morgan fingerprint density at radius 3 is 1.00 bits per heavy atom. The number of aliphatic hydroxyl groups excluding tert-OH is 2. The number of sulfone groups is 3. The van der Waals surface area contributed by atoms with Crippen LogP contribution >= 0.6 is 34.8 Å². The van der Waals surface area contributed by atoms with E-state index in [0.717, 1.165) is 68.4 Å². The normalized spacial score (nSPS) is 14.0. The Morgan fingerprint density at radius 1 is 0.414 bits per heavy atom. The first-order valence-electron chi connectivity index (χ1n) is 43.9. The predicted molar refractivity (Wildman–Crippen MR) is 530 cm³/mol. The molecule has 0 fully saturated rings. The Balaban J connectivity index is 0.000000240. The summed E-state index contributed by atoms with van der Waals surface area (Å²) in [5.41, 5.74) is 3.45. The van der Waals surface area contributed by atoms with E-state index in [2.05, 4.69) is 83.7 Å². The van der Waals surface area contributed by atoms with Gasteiger partial charge in [-0.25, -0.2) is 30.0 Å². The molecule has 0 radical (unpaired) electrons. The van der Waals surface area contributed by atoms with Crippen LogP contribution in [0.1, 0.15) is 138 Å². The highest BCUT2D eigenvalue weighted by atomic mass is 35.5. The minimum absolute atomic E-state index is 0.00107. The third-order valence-corrected chi connectivity index (χ3v) is 37.3. The molecule has 0 spiro atoms. The van der Waals surface area contributed by atoms with Crippen LogP contribution in [0.2, 0.25) is 51.3 Å². The van der Waals surface area contributed by atoms with E-state index in [1.165, 1.54) is 143 Å². The zero-order valence-electron chi connectivity index (χ0n) is 81.2. The molecule has 0 saturated heterocycles. The Morgan fingerprint density at radius 2 is 0.707 bits per heavy atom. The molecule has 2 amide bonds. The molecule has 0 saturated carbocycles. The van der Waals surface area contributed by atoms with Gasteiger partial charge in [0.15, 0.2) is 52.2 Å². The first-order chi connectivity index (χ1) is 64.9. The van der Waals surface area contributed by atoms with Crippen molar-refractivity contribution in [1.29, 1.82) is 0 Å². The molecule has 1 aliphatic carbocycles. The number of carbonyl (C=O) groups is 3. The van der Waals surface area contributed by atoms with Gasteiger partial charge in [-0.1, -0.05) is 113 Å². The van der Waals surface area contributed by atoms with Crippen molar-refractivity contribution >= 4 is 127 Å². The summed E-state index contributed by atoms with van der Waals surface area (Å²) < 4.78 is 240. The van der Waals surface area contributed by atoms with Crippen LogP contribution in [0, 0.1) is 20.8 Å². The molecule has 25 nitrogen and oxygen atoms in total. The number of nitrogens with one attached hydrogen (secondary N) is 3. The standard InChI is InChI=1S/C34H42ClF3N2O6SSi.C28H28ClF3N2O6S.C24H34ClNO7SSi.C11H11F3.CH4O/c1-21-15-22-11-12-40(29(22)20-28(21)34(36,37)38)32(41)31(39-24-17-25(44-5)19-26(18-24)47(6,42)43)27-10-9-23(35)16-30(27)45-13-14-46-48(7,8)33(2,3)4;1-16-10-17-6-7-34(24(17)15-23(16)28(30,31)32)27(36)26(22-5-4-18(29)11-25(22)40-9-8-35)33-19-12-20(39-2)14-21(13-19)41(3,37)38;1-24(2,3)35(6,7)33-11-10-32-21-12-16(25)8-9-20(21)22(23(27)28)26-17-13-18(31-4)15-19(14-17)34(5,29)30;1-7-5-8-3-2-4-9(8)6-10(7)11(12,13)14;1-2/h9-10,15-20,31,39H,11-14H2,1-8H3;4-5,10-15,26,33,35H,6-9H2,1-3H3;8-9,12-15,22,26H,10-11H2,1-7H3,(H,27,28);5-6H,2-4H2,1H3;2H,1H3. The molecule has 766 valence electrons. The van der Waals surface area contributed by atoms with Crippen molar-refractivity contribution in [3.05, 3.63) is 233 Å². The average molecular weight is 2120 g/mol. The molecule has 2 aliphatic heterocycles. The second-order valence-corrected chi connectivity index (χ2v) is 53.4. The van der Waals surface area contributed by atoms with Crippen molar-refractivity contribution in [3.8, 4) is 34.5 Å². The van der Waals surface area contributed by atoms with E-state index >= 15 is 0 Å². The van der Waals surface area contributed by atoms with E-state index in [1.807, 2.05) is 0 Å². The maximum absolute atomic E-state index is 14.5. The van der Waals surface area contributed by atoms with Gasteiger partial charge in [-0.15, -0.1) is 0 Å². The van der Waals surface area contributed by atoms with Crippen molar-refractivity contribution in [3.63, 3.8) is 0 Å². The summed E-state index contributed by atoms with van der Waals surface area (Å²) >= 11 is 18.7. The van der Waals surface area contributed by atoms with E-state index in [0.29, 0.717) is 63.1 Å². The summed E-state index contributed by atoms with van der Waals surface area (Å²) in [5, 5.41) is 36.4. The van der Waals surface area contributed by atoms with Crippen LogP contribution in [0.3, 0.4) is 0 Å². The smallest absolute Gasteiger partial charge is 0.416 e. The number of aliphatic carboxylic acids is 1. The number of amides is 2. The number of aliphatic hydroxyl groups is 2. The summed E-state index contributed by atoms with van der Waals surface area (Å²) in [5.74, 6) is -0.957. The Kier molecular flexibility index (Phi) is 38.7. The number of aryl methyl sites for hydroxylation is 5. The molecular formula is C98H119Cl3F9N5O20S3Si2. The van der Waals surface area contributed by atoms with Crippen LogP contribution in [0.5, 0.6) is 34.5 Å². The van der Waals surface area contributed by atoms with Gasteiger partial charge in [-0.2, -0.15) is 39.5 Å². The van der Waals surface area contributed by atoms with Gasteiger partial charge in [-0.05, 0) is 219 Å². The van der Waals surface area contributed by atoms with E-state index < -0.39 is 117 Å². The summed E-state index contributed by atoms with van der Waals surface area (Å²) in [7, 11) is -9.82. The van der Waals surface area contributed by atoms with E-state index in [-0.39, 0.29) is 150 Å². The number of carbonyl (C=O) groups excluding carboxylic acids is 2. The number of fused-ring (bicyclic) bond motifs is 3. The van der Waals surface area contributed by atoms with Gasteiger partial charge in [0.2, 0.25) is 0 Å². The summed E-state index contributed by atoms with van der Waals surface area (Å²) in [6.07, 6.45) is -6.89. The molecule has 42 heteroatoms. The van der Waals surface area contributed by atoms with Gasteiger partial charge < -0.3 is 78.3 Å². The molecule has 12 rings (SSSR count). The van der Waals surface area contributed by atoms with Gasteiger partial charge >= 0.3 is 24.5 Å². The number of carboxylic acids is 1. The van der Waals surface area contributed by atoms with E-state index in [4.69, 9.17) is 77.2 Å². The fraction of sp³-hybridized carbons (Fsp3) is 0.418. The zero-order valence-corrected chi connectivity index (χ0v) is 87.9. The van der Waals surface area contributed by atoms with Crippen LogP contribution in [-0.4, -0.2) is 175 Å². The summed E-state index contributed by atoms with van der Waals surface area (Å²) in [4.78, 5) is 43.4. The van der Waals surface area contributed by atoms with Crippen molar-refractivity contribution in [2.75, 3.05) is 126 Å². The number of benzene rings is 9. The molecule has 0 bridgehead atoms. The third-order valence-electron chi connectivity index (χ3n) is 24.3. The molecule has 140 heavy (non-hydrogen) atoms. The second kappa shape index (κ2) is 47.0. The highest BCUT2D eigenvalue weighted by Gasteiger charge is 2.44. The predicted octanol–water partition coefficient (Wildman–Crippen LogP) is 21.9. The van der Waals surface area contributed by atoms with Crippen LogP contribution < -0.4 is 54.2 Å². The lowest BCUT2D eigenvalue weighted by Gasteiger charge is -2.36. The maximum Gasteiger partial charge on any atom is 0.416 e. The molecule has 6 N–H and O–H groups in total. The average Bonchev–Trinajstić information content (AvgIpc) is 1.58. The first kappa shape index (κ1) is 115. The summed E-state index contributed by atoms with van der Waals surface area (Å²) in [6, 6.07) is 30.7. The largest absolute Gasteiger partial charge is 0.497 e. The van der Waals surface area contributed by atoms with Crippen LogP contribution in [0.25, 0.3) is 0 Å². The monoisotopic (exact) mass is 2110 g/mol. The summed E-state index contributed by atoms with van der Waals surface area (Å²) in [6.45, 7) is 26.4. The molecular weight excluding hydrogens is 2000 g/mol. The van der Waals surface area contributed by atoms with Crippen molar-refractivity contribution in [2.45, 2.75) is 182 Å². The number of hydrogen-bond acceptors (Lipinski definition) is 22. The van der Waals surface area contributed by atoms with Gasteiger partial charge in [0.1, 0.15) is 66.4 Å². The minimum atomic E-state index is -4.61. The highest BCUT2D eigenvalue weighted by molar-refractivity contribution is 7.91. The van der Waals surface area contributed by atoms with Crippen molar-refractivity contribution < 1.29 is 132 Å². The van der Waals surface area contributed by atoms with Crippen molar-refractivity contribution in [1.82, 2.24) is 0 Å². The van der Waals surface area contributed by atoms with Gasteiger partial charge in [-0.3, -0.25) is 9.59 Å². The molecule has 3 aliphatic rings. The van der Waals surface area contributed by atoms with Gasteiger partial charge in [0.05, 0.1) is 72.5 Å². The number of methoxy groups -OCH3 is 3. The van der Waals surface area contributed by atoms with E-state index in [1.54, 1.807) is 42.5 Å². The van der Waals surface area contributed by atoms with Crippen LogP contribution in [-0.2, 0) is 97.0 Å². The first-order valence-corrected chi connectivity index (χ1v) is 56.5. The van der Waals surface area contributed by atoms with Crippen molar-refractivity contribution in [2.24, 2.45) is 0 Å². The number of hydrogen-bond donors (Lipinski definition) is 6. The molecule has 9 aromatic rings. The Bertz CT molecular complexity index is 6330. The quantitative estimate of drug-likeness (QED) is 0.0134. The Hall–Kier alpha value is -10.0. The lowest BCUT2D eigenvalue weighted by atomic mass is 10.0. The SMILES string of the molecule is CO.COc1cc(NC(C(=O)N2CCc3cc(C)c(C(F)(F)F)cc32)c2ccc(Cl)cc2OCCO)cc(S(C)(=O)=O)c1.COc1cc(NC(C(=O)N2CCc3cc(C)c(C(F)(F)F)cc32)c2ccc(Cl)cc2OCCO[Si](C)(C)C(C)(C)C)cc(S(C)(=O)=O)c1.COc1cc(NC(C(=O)O)c2ccc(Cl)cc2OCCO[Si](C)(C)C(C)(C)C)cc(S(C)(=O)=O)c1.Cc1cc2c(cc1C(F)(F)F)CCC2. The number of alkyl halides is 9. The maximum atomic E-state index is 14.5. The number of ether oxygens (including phenoxy) is 6. The molecule has 2 heterocycles. The van der Waals surface area contributed by atoms with Crippen LogP contribution in [0.15, 0.2) is 160 Å². The Labute approximate surface area is 828 Å². The number of carboxylic acid groups (broad SMARTS) is 1. The number of rotatable bonds is 31. The second-order valence-electron chi connectivity index (χ2n) is 36.5. The molecule has 3 atom stereocenters. The lowest BCUT2D eigenvalue weighted by Crippen LogP contribution is -2.41. The highest BCUT2D eigenvalue weighted by Crippen LogP contribution is 2.47. The number of halogens is 12. The molecule has 0 aromatic heterocycles. The van der Waals surface area contributed by atoms with Crippen LogP contribution in [0.4, 0.5) is 68.0 Å². The topological polar surface area (TPSA) is 331 Å². The lowest BCUT2D eigenvalue weighted by molar-refractivity contribution is -0.139. The zero-order chi connectivity index (χ0) is 105. The molecule has 9 aromatic carbocycles. The van der Waals surface area contributed by atoms with Gasteiger partial charge in [0.25, 0.3) is 11.8 Å². The van der Waals surface area contributed by atoms with Gasteiger partial charge in [0, 0.05) is 117 Å². The third kappa shape index (κ3) is 30.3. The fourth-order valence-corrected chi connectivity index (χ4v) is 19.5. The number of nitrogens with zero attached hydrogens (tertiary/aromatic N) is 2. The molecule has 3 unspecified atom stereocenters. The minimum Gasteiger partial charge on any atom is -0.497 e. The van der Waals surface area contributed by atoms with E-state index in [9.17, 15) is 89.4 Å². The number of anilines is 5. The fourth-order valence-electron chi connectivity index (χ4n) is 14.9.